The van der Waals surface area contributed by atoms with Gasteiger partial charge in [0.25, 0.3) is 0 Å². The van der Waals surface area contributed by atoms with Crippen molar-refractivity contribution in [3.8, 4) is 5.75 Å². The van der Waals surface area contributed by atoms with Crippen LogP contribution in [0.25, 0.3) is 0 Å². The average molecular weight is 281 g/mol. The molecule has 0 fully saturated rings. The molecule has 0 heterocycles. The number of hydrogen-bond donors (Lipinski definition) is 1. The van der Waals surface area contributed by atoms with E-state index in [0.29, 0.717) is 5.88 Å². The minimum atomic E-state index is 0.201. The number of benzene rings is 2. The molecule has 0 spiro atoms. The quantitative estimate of drug-likeness (QED) is 0.811. The van der Waals surface area contributed by atoms with Gasteiger partial charge in [-0.2, -0.15) is 0 Å². The van der Waals surface area contributed by atoms with Gasteiger partial charge in [0.05, 0.1) is 0 Å². The topological polar surface area (TPSA) is 20.2 Å². The van der Waals surface area contributed by atoms with Gasteiger partial charge in [-0.05, 0) is 41.8 Å². The van der Waals surface area contributed by atoms with Crippen molar-refractivity contribution in [1.29, 1.82) is 0 Å². The van der Waals surface area contributed by atoms with Crippen molar-refractivity contribution in [2.75, 3.05) is 5.88 Å². The molecule has 0 bridgehead atoms. The summed E-state index contributed by atoms with van der Waals surface area (Å²) >= 11 is 12.0. The minimum Gasteiger partial charge on any atom is -0.508 e. The van der Waals surface area contributed by atoms with E-state index in [0.717, 1.165) is 22.6 Å². The lowest BCUT2D eigenvalue weighted by molar-refractivity contribution is 0.474. The van der Waals surface area contributed by atoms with Crippen LogP contribution < -0.4 is 0 Å². The van der Waals surface area contributed by atoms with Gasteiger partial charge in [-0.25, -0.2) is 0 Å². The Labute approximate surface area is 117 Å². The van der Waals surface area contributed by atoms with Gasteiger partial charge in [-0.1, -0.05) is 35.9 Å². The van der Waals surface area contributed by atoms with E-state index in [4.69, 9.17) is 23.2 Å². The summed E-state index contributed by atoms with van der Waals surface area (Å²) < 4.78 is 0. The number of halogens is 2. The second-order valence-corrected chi connectivity index (χ2v) is 5.03. The third kappa shape index (κ3) is 3.41. The van der Waals surface area contributed by atoms with Crippen LogP contribution in [-0.4, -0.2) is 11.0 Å². The maximum absolute atomic E-state index is 9.46. The highest BCUT2D eigenvalue weighted by atomic mass is 35.5. The molecule has 0 saturated heterocycles. The summed E-state index contributed by atoms with van der Waals surface area (Å²) in [5, 5.41) is 10.2. The summed E-state index contributed by atoms with van der Waals surface area (Å²) in [7, 11) is 0. The van der Waals surface area contributed by atoms with Crippen LogP contribution in [0.5, 0.6) is 5.75 Å². The number of phenolic OH excluding ortho intramolecular Hbond substituents is 1. The molecule has 1 unspecified atom stereocenters. The molecular formula is C15H14Cl2O. The van der Waals surface area contributed by atoms with E-state index < -0.39 is 0 Å². The molecule has 0 aliphatic heterocycles. The third-order valence-electron chi connectivity index (χ3n) is 2.90. The van der Waals surface area contributed by atoms with Gasteiger partial charge < -0.3 is 5.11 Å². The second kappa shape index (κ2) is 6.12. The molecule has 1 N–H and O–H groups in total. The van der Waals surface area contributed by atoms with Crippen LogP contribution in [0.3, 0.4) is 0 Å². The first-order valence-electron chi connectivity index (χ1n) is 5.78. The Morgan fingerprint density at radius 3 is 2.50 bits per heavy atom. The molecule has 0 aromatic heterocycles. The summed E-state index contributed by atoms with van der Waals surface area (Å²) in [4.78, 5) is 0. The van der Waals surface area contributed by atoms with E-state index in [2.05, 4.69) is 0 Å². The standard InChI is InChI=1S/C15H14Cl2O/c16-10-13(12-4-2-5-14(17)9-12)7-11-3-1-6-15(18)8-11/h1-6,8-9,13,18H,7,10H2. The van der Waals surface area contributed by atoms with Crippen LogP contribution in [0, 0.1) is 0 Å². The van der Waals surface area contributed by atoms with E-state index >= 15 is 0 Å². The van der Waals surface area contributed by atoms with E-state index in [1.807, 2.05) is 36.4 Å². The van der Waals surface area contributed by atoms with Crippen molar-refractivity contribution in [2.45, 2.75) is 12.3 Å². The van der Waals surface area contributed by atoms with Crippen LogP contribution >= 0.6 is 23.2 Å². The van der Waals surface area contributed by atoms with Gasteiger partial charge in [-0.15, -0.1) is 11.6 Å². The van der Waals surface area contributed by atoms with Gasteiger partial charge in [0.1, 0.15) is 5.75 Å². The second-order valence-electron chi connectivity index (χ2n) is 4.28. The number of alkyl halides is 1. The normalized spacial score (nSPS) is 12.3. The van der Waals surface area contributed by atoms with Crippen LogP contribution in [0.4, 0.5) is 0 Å². The molecular weight excluding hydrogens is 267 g/mol. The number of hydrogen-bond acceptors (Lipinski definition) is 1. The summed E-state index contributed by atoms with van der Waals surface area (Å²) in [5.74, 6) is 1.01. The molecule has 0 aliphatic rings. The molecule has 2 rings (SSSR count). The molecule has 3 heteroatoms. The molecule has 0 saturated carbocycles. The van der Waals surface area contributed by atoms with Crippen molar-refractivity contribution in [2.24, 2.45) is 0 Å². The van der Waals surface area contributed by atoms with Crippen LogP contribution in [-0.2, 0) is 6.42 Å². The first kappa shape index (κ1) is 13.3. The molecule has 2 aromatic carbocycles. The maximum Gasteiger partial charge on any atom is 0.115 e. The van der Waals surface area contributed by atoms with Crippen LogP contribution in [0.2, 0.25) is 5.02 Å². The largest absolute Gasteiger partial charge is 0.508 e. The van der Waals surface area contributed by atoms with Crippen molar-refractivity contribution in [3.05, 3.63) is 64.7 Å². The van der Waals surface area contributed by atoms with Gasteiger partial charge in [-0.3, -0.25) is 0 Å². The van der Waals surface area contributed by atoms with E-state index in [9.17, 15) is 5.11 Å². The fourth-order valence-corrected chi connectivity index (χ4v) is 2.48. The minimum absolute atomic E-state index is 0.201. The SMILES string of the molecule is Oc1cccc(CC(CCl)c2cccc(Cl)c2)c1. The van der Waals surface area contributed by atoms with E-state index in [1.165, 1.54) is 0 Å². The van der Waals surface area contributed by atoms with Gasteiger partial charge in [0.2, 0.25) is 0 Å². The van der Waals surface area contributed by atoms with Crippen LogP contribution in [0.15, 0.2) is 48.5 Å². The molecule has 2 aromatic rings. The fraction of sp³-hybridized carbons (Fsp3) is 0.200. The molecule has 0 aliphatic carbocycles. The van der Waals surface area contributed by atoms with Crippen molar-refractivity contribution in [1.82, 2.24) is 0 Å². The van der Waals surface area contributed by atoms with Crippen molar-refractivity contribution < 1.29 is 5.11 Å². The lowest BCUT2D eigenvalue weighted by Crippen LogP contribution is -2.04. The van der Waals surface area contributed by atoms with Gasteiger partial charge in [0, 0.05) is 16.8 Å². The first-order valence-corrected chi connectivity index (χ1v) is 6.69. The van der Waals surface area contributed by atoms with Gasteiger partial charge >= 0.3 is 0 Å². The zero-order valence-electron chi connectivity index (χ0n) is 9.81. The maximum atomic E-state index is 9.46. The third-order valence-corrected chi connectivity index (χ3v) is 3.51. The molecule has 18 heavy (non-hydrogen) atoms. The molecule has 1 atom stereocenters. The van der Waals surface area contributed by atoms with E-state index in [1.54, 1.807) is 12.1 Å². The van der Waals surface area contributed by atoms with Gasteiger partial charge in [0.15, 0.2) is 0 Å². The lowest BCUT2D eigenvalue weighted by Gasteiger charge is -2.15. The lowest BCUT2D eigenvalue weighted by atomic mass is 9.93. The number of aromatic hydroxyl groups is 1. The molecule has 0 amide bonds. The molecule has 0 radical (unpaired) electrons. The number of phenols is 1. The average Bonchev–Trinajstić information content (AvgIpc) is 2.36. The Hall–Kier alpha value is -1.18. The van der Waals surface area contributed by atoms with Crippen LogP contribution in [0.1, 0.15) is 17.0 Å². The zero-order valence-corrected chi connectivity index (χ0v) is 11.3. The zero-order chi connectivity index (χ0) is 13.0. The monoisotopic (exact) mass is 280 g/mol. The summed E-state index contributed by atoms with van der Waals surface area (Å²) in [6.45, 7) is 0. The first-order chi connectivity index (χ1) is 8.69. The molecule has 1 nitrogen and oxygen atoms in total. The Morgan fingerprint density at radius 2 is 1.83 bits per heavy atom. The van der Waals surface area contributed by atoms with Crippen molar-refractivity contribution >= 4 is 23.2 Å². The Balaban J connectivity index is 2.19. The highest BCUT2D eigenvalue weighted by Gasteiger charge is 2.12. The summed E-state index contributed by atoms with van der Waals surface area (Å²) in [6, 6.07) is 15.0. The molecule has 94 valence electrons. The van der Waals surface area contributed by atoms with Crippen molar-refractivity contribution in [3.63, 3.8) is 0 Å². The predicted molar refractivity (Wildman–Crippen MR) is 76.7 cm³/mol. The van der Waals surface area contributed by atoms with E-state index in [-0.39, 0.29) is 11.7 Å². The smallest absolute Gasteiger partial charge is 0.115 e. The Kier molecular flexibility index (Phi) is 4.51. The number of rotatable bonds is 4. The summed E-state index contributed by atoms with van der Waals surface area (Å²) in [6.07, 6.45) is 0.790. The fourth-order valence-electron chi connectivity index (χ4n) is 1.99. The highest BCUT2D eigenvalue weighted by molar-refractivity contribution is 6.30. The highest BCUT2D eigenvalue weighted by Crippen LogP contribution is 2.25. The Bertz CT molecular complexity index is 525. The summed E-state index contributed by atoms with van der Waals surface area (Å²) in [5.41, 5.74) is 2.20. The Morgan fingerprint density at radius 1 is 1.06 bits per heavy atom. The predicted octanol–water partition coefficient (Wildman–Crippen LogP) is 4.61.